The number of para-hydroxylation sites is 3. The lowest BCUT2D eigenvalue weighted by Gasteiger charge is -2.14. The number of rotatable bonds is 5. The van der Waals surface area contributed by atoms with Crippen molar-refractivity contribution >= 4 is 34.6 Å². The molecule has 0 saturated carbocycles. The van der Waals surface area contributed by atoms with Crippen molar-refractivity contribution in [1.82, 2.24) is 20.6 Å². The van der Waals surface area contributed by atoms with Crippen molar-refractivity contribution in [1.29, 1.82) is 0 Å². The topological polar surface area (TPSA) is 107 Å². The molecule has 8 heteroatoms. The average molecular weight is 377 g/mol. The first kappa shape index (κ1) is 17.7. The van der Waals surface area contributed by atoms with Crippen molar-refractivity contribution in [3.8, 4) is 0 Å². The van der Waals surface area contributed by atoms with Crippen LogP contribution >= 0.6 is 0 Å². The minimum atomic E-state index is -0.893. The van der Waals surface area contributed by atoms with Gasteiger partial charge in [0.2, 0.25) is 5.91 Å². The van der Waals surface area contributed by atoms with E-state index in [1.807, 2.05) is 24.3 Å². The predicted octanol–water partition coefficient (Wildman–Crippen LogP) is 2.26. The Hall–Kier alpha value is -3.68. The van der Waals surface area contributed by atoms with Crippen molar-refractivity contribution < 1.29 is 14.4 Å². The van der Waals surface area contributed by atoms with Crippen LogP contribution in [0.5, 0.6) is 0 Å². The van der Waals surface area contributed by atoms with Crippen LogP contribution in [0.3, 0.4) is 0 Å². The van der Waals surface area contributed by atoms with E-state index >= 15 is 0 Å². The van der Waals surface area contributed by atoms with Gasteiger partial charge in [0.05, 0.1) is 29.2 Å². The van der Waals surface area contributed by atoms with Crippen LogP contribution in [0.25, 0.3) is 11.0 Å². The number of imidazole rings is 1. The largest absolute Gasteiger partial charge is 0.346 e. The highest BCUT2D eigenvalue weighted by molar-refractivity contribution is 6.22. The summed E-state index contributed by atoms with van der Waals surface area (Å²) in [6.45, 7) is 1.81. The summed E-state index contributed by atoms with van der Waals surface area (Å²) >= 11 is 0. The average Bonchev–Trinajstić information content (AvgIpc) is 3.23. The zero-order valence-electron chi connectivity index (χ0n) is 15.2. The molecule has 1 fully saturated rings. The summed E-state index contributed by atoms with van der Waals surface area (Å²) in [5.41, 5.74) is 2.18. The first-order valence-electron chi connectivity index (χ1n) is 8.96. The zero-order valence-corrected chi connectivity index (χ0v) is 15.2. The molecular formula is C20H19N5O3. The van der Waals surface area contributed by atoms with Crippen molar-refractivity contribution in [2.45, 2.75) is 25.4 Å². The number of nitrogens with one attached hydrogen (secondary N) is 3. The van der Waals surface area contributed by atoms with Gasteiger partial charge in [0.15, 0.2) is 0 Å². The maximum absolute atomic E-state index is 12.6. The van der Waals surface area contributed by atoms with Crippen LogP contribution in [-0.4, -0.2) is 33.9 Å². The molecule has 0 aliphatic carbocycles. The van der Waals surface area contributed by atoms with Crippen LogP contribution in [0.4, 0.5) is 10.5 Å². The molecule has 2 aromatic carbocycles. The summed E-state index contributed by atoms with van der Waals surface area (Å²) in [4.78, 5) is 45.8. The van der Waals surface area contributed by atoms with Crippen molar-refractivity contribution in [2.24, 2.45) is 0 Å². The van der Waals surface area contributed by atoms with E-state index < -0.39 is 18.0 Å². The molecule has 8 nitrogen and oxygen atoms in total. The van der Waals surface area contributed by atoms with Crippen LogP contribution in [0, 0.1) is 0 Å². The van der Waals surface area contributed by atoms with Gasteiger partial charge in [-0.2, -0.15) is 0 Å². The van der Waals surface area contributed by atoms with E-state index in [9.17, 15) is 14.4 Å². The molecule has 4 amide bonds. The lowest BCUT2D eigenvalue weighted by Crippen LogP contribution is -2.37. The molecule has 1 saturated heterocycles. The second kappa shape index (κ2) is 7.15. The van der Waals surface area contributed by atoms with Gasteiger partial charge < -0.3 is 15.6 Å². The number of carbonyl (C=O) groups is 3. The van der Waals surface area contributed by atoms with Gasteiger partial charge in [-0.1, -0.05) is 30.3 Å². The van der Waals surface area contributed by atoms with E-state index in [1.54, 1.807) is 37.3 Å². The number of carbonyl (C=O) groups excluding carboxylic acids is 3. The van der Waals surface area contributed by atoms with Crippen LogP contribution in [0.2, 0.25) is 0 Å². The Morgan fingerprint density at radius 3 is 2.61 bits per heavy atom. The molecular weight excluding hydrogens is 358 g/mol. The van der Waals surface area contributed by atoms with E-state index in [0.717, 1.165) is 15.9 Å². The van der Waals surface area contributed by atoms with Gasteiger partial charge in [-0.3, -0.25) is 9.59 Å². The number of H-pyrrole nitrogens is 1. The second-order valence-electron chi connectivity index (χ2n) is 6.64. The number of urea groups is 1. The van der Waals surface area contributed by atoms with Crippen LogP contribution in [0.1, 0.15) is 25.2 Å². The fourth-order valence-electron chi connectivity index (χ4n) is 3.22. The third-order valence-electron chi connectivity index (χ3n) is 4.62. The Bertz CT molecular complexity index is 1010. The monoisotopic (exact) mass is 377 g/mol. The third kappa shape index (κ3) is 3.32. The number of anilines is 1. The molecule has 142 valence electrons. The summed E-state index contributed by atoms with van der Waals surface area (Å²) in [5, 5.41) is 5.39. The van der Waals surface area contributed by atoms with Crippen LogP contribution < -0.4 is 15.5 Å². The van der Waals surface area contributed by atoms with Crippen molar-refractivity contribution in [2.75, 3.05) is 4.90 Å². The quantitative estimate of drug-likeness (QED) is 0.593. The van der Waals surface area contributed by atoms with Crippen molar-refractivity contribution in [3.63, 3.8) is 0 Å². The molecule has 1 aliphatic heterocycles. The van der Waals surface area contributed by atoms with Gasteiger partial charge in [-0.15, -0.1) is 0 Å². The molecule has 2 heterocycles. The maximum Gasteiger partial charge on any atom is 0.329 e. The molecule has 0 radical (unpaired) electrons. The Kier molecular flexibility index (Phi) is 4.52. The molecule has 4 rings (SSSR count). The summed E-state index contributed by atoms with van der Waals surface area (Å²) in [6, 6.07) is 14.4. The third-order valence-corrected chi connectivity index (χ3v) is 4.62. The molecule has 0 spiro atoms. The van der Waals surface area contributed by atoms with E-state index in [2.05, 4.69) is 20.6 Å². The van der Waals surface area contributed by atoms with E-state index in [-0.39, 0.29) is 18.4 Å². The fraction of sp³-hybridized carbons (Fsp3) is 0.200. The Labute approximate surface area is 160 Å². The number of nitrogens with zero attached hydrogens (tertiary/aromatic N) is 2. The first-order valence-corrected chi connectivity index (χ1v) is 8.96. The Morgan fingerprint density at radius 1 is 1.14 bits per heavy atom. The molecule has 3 N–H and O–H groups in total. The van der Waals surface area contributed by atoms with Gasteiger partial charge in [0.25, 0.3) is 5.91 Å². The van der Waals surface area contributed by atoms with E-state index in [4.69, 9.17) is 0 Å². The summed E-state index contributed by atoms with van der Waals surface area (Å²) in [5.74, 6) is -0.161. The SMILES string of the molecule is C[C@@H](NC(=O)C[C@H]1NC(=O)N(c2ccccc2)C1=O)c1nc2ccccc2[nH]1. The lowest BCUT2D eigenvalue weighted by molar-refractivity contribution is -0.126. The number of imide groups is 1. The molecule has 0 bridgehead atoms. The minimum Gasteiger partial charge on any atom is -0.346 e. The van der Waals surface area contributed by atoms with Crippen LogP contribution in [0.15, 0.2) is 54.6 Å². The molecule has 3 aromatic rings. The summed E-state index contributed by atoms with van der Waals surface area (Å²) in [7, 11) is 0. The standard InChI is InChI=1S/C20H19N5O3/c1-12(18-22-14-9-5-6-10-15(14)23-18)21-17(26)11-16-19(27)25(20(28)24-16)13-7-3-2-4-8-13/h2-10,12,16H,11H2,1H3,(H,21,26)(H,22,23)(H,24,28)/t12-,16-/m1/s1. The Morgan fingerprint density at radius 2 is 1.86 bits per heavy atom. The zero-order chi connectivity index (χ0) is 19.7. The first-order chi connectivity index (χ1) is 13.5. The fourth-order valence-corrected chi connectivity index (χ4v) is 3.22. The minimum absolute atomic E-state index is 0.140. The number of hydrogen-bond donors (Lipinski definition) is 3. The smallest absolute Gasteiger partial charge is 0.329 e. The summed E-state index contributed by atoms with van der Waals surface area (Å²) < 4.78 is 0. The molecule has 0 unspecified atom stereocenters. The maximum atomic E-state index is 12.6. The Balaban J connectivity index is 1.41. The van der Waals surface area contributed by atoms with Crippen LogP contribution in [-0.2, 0) is 9.59 Å². The van der Waals surface area contributed by atoms with Gasteiger partial charge >= 0.3 is 6.03 Å². The lowest BCUT2D eigenvalue weighted by atomic mass is 10.1. The molecule has 1 aliphatic rings. The second-order valence-corrected chi connectivity index (χ2v) is 6.64. The highest BCUT2D eigenvalue weighted by Gasteiger charge is 2.40. The normalized spacial score (nSPS) is 17.6. The molecule has 1 aromatic heterocycles. The molecule has 28 heavy (non-hydrogen) atoms. The number of amides is 4. The van der Waals surface area contributed by atoms with Gasteiger partial charge in [0, 0.05) is 0 Å². The van der Waals surface area contributed by atoms with Gasteiger partial charge in [-0.05, 0) is 31.2 Å². The highest BCUT2D eigenvalue weighted by atomic mass is 16.2. The number of benzene rings is 2. The summed E-state index contributed by atoms with van der Waals surface area (Å²) in [6.07, 6.45) is -0.140. The van der Waals surface area contributed by atoms with Gasteiger partial charge in [0.1, 0.15) is 11.9 Å². The number of fused-ring (bicyclic) bond motifs is 1. The molecule has 2 atom stereocenters. The highest BCUT2D eigenvalue weighted by Crippen LogP contribution is 2.20. The number of aromatic nitrogens is 2. The number of hydrogen-bond acceptors (Lipinski definition) is 4. The van der Waals surface area contributed by atoms with E-state index in [1.165, 1.54) is 0 Å². The van der Waals surface area contributed by atoms with E-state index in [0.29, 0.717) is 11.5 Å². The van der Waals surface area contributed by atoms with Crippen molar-refractivity contribution in [3.05, 3.63) is 60.4 Å². The van der Waals surface area contributed by atoms with Gasteiger partial charge in [-0.25, -0.2) is 14.7 Å². The predicted molar refractivity (Wildman–Crippen MR) is 104 cm³/mol. The number of aromatic amines is 1.